The summed E-state index contributed by atoms with van der Waals surface area (Å²) in [7, 11) is 1.59. The maximum absolute atomic E-state index is 13.2. The van der Waals surface area contributed by atoms with Crippen LogP contribution in [0.25, 0.3) is 0 Å². The molecular weight excluding hydrogens is 344 g/mol. The van der Waals surface area contributed by atoms with E-state index < -0.39 is 5.92 Å². The molecule has 0 bridgehead atoms. The molecule has 1 saturated heterocycles. The Bertz CT molecular complexity index is 848. The van der Waals surface area contributed by atoms with Crippen molar-refractivity contribution in [3.05, 3.63) is 48.3 Å². The lowest BCUT2D eigenvalue weighted by atomic mass is 9.89. The van der Waals surface area contributed by atoms with Crippen LogP contribution in [0.4, 0.5) is 11.4 Å². The van der Waals surface area contributed by atoms with E-state index in [4.69, 9.17) is 4.74 Å². The number of nitrogens with one attached hydrogen (secondary N) is 1. The van der Waals surface area contributed by atoms with E-state index in [1.807, 2.05) is 29.3 Å². The number of ether oxygens (including phenoxy) is 1. The smallest absolute Gasteiger partial charge is 0.230 e. The maximum Gasteiger partial charge on any atom is 0.230 e. The molecule has 7 heteroatoms. The number of nitrogens with zero attached hydrogens (tertiary/aromatic N) is 3. The molecule has 7 nitrogen and oxygen atoms in total. The summed E-state index contributed by atoms with van der Waals surface area (Å²) in [4.78, 5) is 33.5. The van der Waals surface area contributed by atoms with E-state index in [2.05, 4.69) is 15.2 Å². The zero-order valence-electron chi connectivity index (χ0n) is 15.2. The number of piperazine rings is 1. The van der Waals surface area contributed by atoms with Gasteiger partial charge < -0.3 is 19.9 Å². The van der Waals surface area contributed by atoms with Gasteiger partial charge in [0.1, 0.15) is 5.75 Å². The van der Waals surface area contributed by atoms with Crippen LogP contribution in [-0.2, 0) is 9.59 Å². The van der Waals surface area contributed by atoms with Crippen LogP contribution in [0.1, 0.15) is 17.9 Å². The van der Waals surface area contributed by atoms with Gasteiger partial charge in [-0.15, -0.1) is 0 Å². The number of rotatable bonds is 3. The Hall–Kier alpha value is -3.09. The molecule has 1 atom stereocenters. The van der Waals surface area contributed by atoms with E-state index in [-0.39, 0.29) is 18.2 Å². The fraction of sp³-hybridized carbons (Fsp3) is 0.350. The minimum absolute atomic E-state index is 0.00481. The summed E-state index contributed by atoms with van der Waals surface area (Å²) in [5, 5.41) is 2.85. The summed E-state index contributed by atoms with van der Waals surface area (Å²) >= 11 is 0. The molecule has 1 aromatic heterocycles. The second-order valence-corrected chi connectivity index (χ2v) is 6.78. The molecule has 2 aliphatic heterocycles. The van der Waals surface area contributed by atoms with E-state index in [0.717, 1.165) is 24.3 Å². The molecular formula is C20H22N4O3. The number of carbonyl (C=O) groups excluding carboxylic acids is 2. The van der Waals surface area contributed by atoms with Gasteiger partial charge in [0.05, 0.1) is 24.9 Å². The molecule has 0 saturated carbocycles. The van der Waals surface area contributed by atoms with Crippen molar-refractivity contribution in [2.45, 2.75) is 12.3 Å². The first-order valence-electron chi connectivity index (χ1n) is 9.07. The molecule has 2 aromatic rings. The Kier molecular flexibility index (Phi) is 4.66. The van der Waals surface area contributed by atoms with Crippen molar-refractivity contribution < 1.29 is 14.3 Å². The van der Waals surface area contributed by atoms with Crippen LogP contribution in [0, 0.1) is 0 Å². The minimum atomic E-state index is -0.464. The minimum Gasteiger partial charge on any atom is -0.497 e. The number of anilines is 2. The number of amides is 2. The molecule has 140 valence electrons. The van der Waals surface area contributed by atoms with Gasteiger partial charge in [0.25, 0.3) is 0 Å². The van der Waals surface area contributed by atoms with E-state index in [0.29, 0.717) is 24.5 Å². The summed E-state index contributed by atoms with van der Waals surface area (Å²) in [6, 6.07) is 9.38. The average Bonchev–Trinajstić information content (AvgIpc) is 2.73. The summed E-state index contributed by atoms with van der Waals surface area (Å²) in [6.45, 7) is 2.76. The molecule has 1 unspecified atom stereocenters. The third-order valence-electron chi connectivity index (χ3n) is 5.20. The normalized spacial score (nSPS) is 19.3. The summed E-state index contributed by atoms with van der Waals surface area (Å²) in [6.07, 6.45) is 3.76. The number of aromatic nitrogens is 1. The fourth-order valence-corrected chi connectivity index (χ4v) is 3.73. The Balaban J connectivity index is 1.50. The predicted octanol–water partition coefficient (Wildman–Crippen LogP) is 1.86. The third kappa shape index (κ3) is 3.45. The summed E-state index contributed by atoms with van der Waals surface area (Å²) in [5.74, 6) is 0.100. The van der Waals surface area contributed by atoms with Crippen LogP contribution in [0.2, 0.25) is 0 Å². The zero-order chi connectivity index (χ0) is 18.8. The molecule has 1 fully saturated rings. The van der Waals surface area contributed by atoms with Crippen LogP contribution < -0.4 is 15.0 Å². The lowest BCUT2D eigenvalue weighted by Gasteiger charge is -2.38. The van der Waals surface area contributed by atoms with Crippen LogP contribution in [0.5, 0.6) is 5.75 Å². The van der Waals surface area contributed by atoms with Crippen molar-refractivity contribution in [1.29, 1.82) is 0 Å². The molecule has 1 N–H and O–H groups in total. The van der Waals surface area contributed by atoms with Crippen molar-refractivity contribution in [2.75, 3.05) is 43.5 Å². The molecule has 4 rings (SSSR count). The van der Waals surface area contributed by atoms with Gasteiger partial charge in [-0.2, -0.15) is 0 Å². The van der Waals surface area contributed by atoms with Crippen LogP contribution in [0.3, 0.4) is 0 Å². The Morgan fingerprint density at radius 2 is 2.04 bits per heavy atom. The number of hydrogen-bond acceptors (Lipinski definition) is 5. The molecule has 27 heavy (non-hydrogen) atoms. The van der Waals surface area contributed by atoms with Crippen LogP contribution in [-0.4, -0.2) is 55.0 Å². The maximum atomic E-state index is 13.2. The summed E-state index contributed by atoms with van der Waals surface area (Å²) < 4.78 is 5.29. The van der Waals surface area contributed by atoms with Gasteiger partial charge in [0.15, 0.2) is 0 Å². The van der Waals surface area contributed by atoms with Crippen molar-refractivity contribution >= 4 is 23.2 Å². The first-order chi connectivity index (χ1) is 13.2. The molecule has 0 spiro atoms. The molecule has 3 heterocycles. The highest BCUT2D eigenvalue weighted by atomic mass is 16.5. The first kappa shape index (κ1) is 17.3. The second kappa shape index (κ2) is 7.26. The van der Waals surface area contributed by atoms with Gasteiger partial charge in [-0.3, -0.25) is 14.6 Å². The highest BCUT2D eigenvalue weighted by Gasteiger charge is 2.35. The number of hydrogen-bond donors (Lipinski definition) is 1. The SMILES string of the molecule is COc1ccc2c(c1)C(C(=O)N1CCN(c3cccnc3)CC1)CC(=O)N2. The molecule has 2 aliphatic rings. The van der Waals surface area contributed by atoms with E-state index in [9.17, 15) is 9.59 Å². The number of benzene rings is 1. The van der Waals surface area contributed by atoms with Crippen molar-refractivity contribution in [3.8, 4) is 5.75 Å². The van der Waals surface area contributed by atoms with Gasteiger partial charge in [-0.25, -0.2) is 0 Å². The van der Waals surface area contributed by atoms with Gasteiger partial charge in [-0.05, 0) is 35.9 Å². The van der Waals surface area contributed by atoms with Crippen molar-refractivity contribution in [3.63, 3.8) is 0 Å². The predicted molar refractivity (Wildman–Crippen MR) is 102 cm³/mol. The lowest BCUT2D eigenvalue weighted by Crippen LogP contribution is -2.50. The number of fused-ring (bicyclic) bond motifs is 1. The number of carbonyl (C=O) groups is 2. The van der Waals surface area contributed by atoms with Gasteiger partial charge in [0.2, 0.25) is 11.8 Å². The van der Waals surface area contributed by atoms with Crippen LogP contribution in [0.15, 0.2) is 42.7 Å². The van der Waals surface area contributed by atoms with E-state index in [1.165, 1.54) is 0 Å². The third-order valence-corrected chi connectivity index (χ3v) is 5.20. The number of methoxy groups -OCH3 is 1. The highest BCUT2D eigenvalue weighted by Crippen LogP contribution is 2.36. The van der Waals surface area contributed by atoms with Gasteiger partial charge in [-0.1, -0.05) is 0 Å². The summed E-state index contributed by atoms with van der Waals surface area (Å²) in [5.41, 5.74) is 2.59. The monoisotopic (exact) mass is 366 g/mol. The van der Waals surface area contributed by atoms with E-state index >= 15 is 0 Å². The molecule has 1 aromatic carbocycles. The van der Waals surface area contributed by atoms with Crippen molar-refractivity contribution in [1.82, 2.24) is 9.88 Å². The van der Waals surface area contributed by atoms with E-state index in [1.54, 1.807) is 25.4 Å². The molecule has 2 amide bonds. The second-order valence-electron chi connectivity index (χ2n) is 6.78. The standard InChI is InChI=1S/C20H22N4O3/c1-27-15-4-5-18-16(11-15)17(12-19(25)22-18)20(26)24-9-7-23(8-10-24)14-3-2-6-21-13-14/h2-6,11,13,17H,7-10,12H2,1H3,(H,22,25). The van der Waals surface area contributed by atoms with Gasteiger partial charge >= 0.3 is 0 Å². The van der Waals surface area contributed by atoms with Crippen molar-refractivity contribution in [2.24, 2.45) is 0 Å². The largest absolute Gasteiger partial charge is 0.497 e. The molecule has 0 aliphatic carbocycles. The zero-order valence-corrected chi connectivity index (χ0v) is 15.2. The quantitative estimate of drug-likeness (QED) is 0.898. The average molecular weight is 366 g/mol. The first-order valence-corrected chi connectivity index (χ1v) is 9.07. The Labute approximate surface area is 157 Å². The Morgan fingerprint density at radius 1 is 1.22 bits per heavy atom. The highest BCUT2D eigenvalue weighted by molar-refractivity contribution is 6.01. The number of pyridine rings is 1. The lowest BCUT2D eigenvalue weighted by molar-refractivity contribution is -0.135. The van der Waals surface area contributed by atoms with Gasteiger partial charge in [0, 0.05) is 44.5 Å². The van der Waals surface area contributed by atoms with Crippen LogP contribution >= 0.6 is 0 Å². The molecule has 0 radical (unpaired) electrons. The fourth-order valence-electron chi connectivity index (χ4n) is 3.73. The Morgan fingerprint density at radius 3 is 2.74 bits per heavy atom. The topological polar surface area (TPSA) is 74.8 Å².